The number of halogens is 1. The van der Waals surface area contributed by atoms with Crippen LogP contribution in [0.15, 0.2) is 22.7 Å². The summed E-state index contributed by atoms with van der Waals surface area (Å²) in [6.45, 7) is 5.86. The Bertz CT molecular complexity index is 488. The fourth-order valence-electron chi connectivity index (χ4n) is 2.30. The molecule has 0 spiro atoms. The van der Waals surface area contributed by atoms with Crippen LogP contribution >= 0.6 is 15.9 Å². The highest BCUT2D eigenvalue weighted by Crippen LogP contribution is 2.22. The first-order valence-electron chi connectivity index (χ1n) is 7.13. The Balaban J connectivity index is 1.82. The fraction of sp³-hybridized carbons (Fsp3) is 0.533. The number of carbonyl (C=O) groups is 1. The van der Waals surface area contributed by atoms with E-state index in [1.54, 1.807) is 13.2 Å². The Hall–Kier alpha value is -1.11. The molecule has 1 aliphatic heterocycles. The smallest absolute Gasteiger partial charge is 0.252 e. The topological polar surface area (TPSA) is 44.8 Å². The average Bonchev–Trinajstić information content (AvgIpc) is 2.49. The highest BCUT2D eigenvalue weighted by atomic mass is 79.9. The summed E-state index contributed by atoms with van der Waals surface area (Å²) in [6.07, 6.45) is 0. The predicted octanol–water partition coefficient (Wildman–Crippen LogP) is 1.43. The third-order valence-corrected chi connectivity index (χ3v) is 4.42. The molecule has 116 valence electrons. The van der Waals surface area contributed by atoms with Gasteiger partial charge in [0.05, 0.1) is 12.7 Å². The van der Waals surface area contributed by atoms with E-state index >= 15 is 0 Å². The van der Waals surface area contributed by atoms with Crippen molar-refractivity contribution in [1.82, 2.24) is 15.1 Å². The SMILES string of the molecule is COc1ccc(Br)c(C(=O)NCCN2CCN(C)CC2)c1. The average molecular weight is 356 g/mol. The van der Waals surface area contributed by atoms with Crippen molar-refractivity contribution in [3.8, 4) is 5.75 Å². The van der Waals surface area contributed by atoms with Crippen molar-refractivity contribution in [2.45, 2.75) is 0 Å². The molecule has 1 aromatic carbocycles. The van der Waals surface area contributed by atoms with Crippen molar-refractivity contribution in [2.24, 2.45) is 0 Å². The molecule has 0 atom stereocenters. The molecule has 5 nitrogen and oxygen atoms in total. The number of rotatable bonds is 5. The van der Waals surface area contributed by atoms with Gasteiger partial charge in [-0.15, -0.1) is 0 Å². The first-order chi connectivity index (χ1) is 10.1. The number of likely N-dealkylation sites (N-methyl/N-ethyl adjacent to an activating group) is 1. The van der Waals surface area contributed by atoms with E-state index in [0.717, 1.165) is 37.2 Å². The number of methoxy groups -OCH3 is 1. The van der Waals surface area contributed by atoms with Gasteiger partial charge in [0, 0.05) is 43.7 Å². The van der Waals surface area contributed by atoms with Crippen LogP contribution in [0, 0.1) is 0 Å². The molecule has 0 aliphatic carbocycles. The molecular weight excluding hydrogens is 334 g/mol. The van der Waals surface area contributed by atoms with Crippen molar-refractivity contribution in [2.75, 3.05) is 53.4 Å². The molecule has 1 heterocycles. The second-order valence-electron chi connectivity index (χ2n) is 5.25. The molecule has 21 heavy (non-hydrogen) atoms. The highest BCUT2D eigenvalue weighted by Gasteiger charge is 2.14. The standard InChI is InChI=1S/C15H22BrN3O2/c1-18-7-9-19(10-8-18)6-5-17-15(20)13-11-12(21-2)3-4-14(13)16/h3-4,11H,5-10H2,1-2H3,(H,17,20). The number of nitrogens with one attached hydrogen (secondary N) is 1. The van der Waals surface area contributed by atoms with Crippen LogP contribution in [0.2, 0.25) is 0 Å². The molecular formula is C15H22BrN3O2. The van der Waals surface area contributed by atoms with E-state index in [-0.39, 0.29) is 5.91 Å². The lowest BCUT2D eigenvalue weighted by Crippen LogP contribution is -2.46. The van der Waals surface area contributed by atoms with E-state index in [2.05, 4.69) is 38.1 Å². The summed E-state index contributed by atoms with van der Waals surface area (Å²) in [5, 5.41) is 2.97. The Morgan fingerprint density at radius 3 is 2.71 bits per heavy atom. The van der Waals surface area contributed by atoms with E-state index in [1.165, 1.54) is 0 Å². The van der Waals surface area contributed by atoms with Gasteiger partial charge in [-0.2, -0.15) is 0 Å². The van der Waals surface area contributed by atoms with Gasteiger partial charge in [-0.3, -0.25) is 9.69 Å². The molecule has 6 heteroatoms. The third-order valence-electron chi connectivity index (χ3n) is 3.73. The quantitative estimate of drug-likeness (QED) is 0.867. The van der Waals surface area contributed by atoms with Crippen LogP contribution in [-0.4, -0.2) is 69.1 Å². The maximum atomic E-state index is 12.2. The van der Waals surface area contributed by atoms with E-state index in [9.17, 15) is 4.79 Å². The second-order valence-corrected chi connectivity index (χ2v) is 6.10. The van der Waals surface area contributed by atoms with Crippen molar-refractivity contribution < 1.29 is 9.53 Å². The predicted molar refractivity (Wildman–Crippen MR) is 87.0 cm³/mol. The van der Waals surface area contributed by atoms with Crippen LogP contribution in [0.1, 0.15) is 10.4 Å². The van der Waals surface area contributed by atoms with E-state index < -0.39 is 0 Å². The molecule has 1 aliphatic rings. The summed E-state index contributed by atoms with van der Waals surface area (Å²) < 4.78 is 5.93. The first-order valence-corrected chi connectivity index (χ1v) is 7.92. The van der Waals surface area contributed by atoms with Gasteiger partial charge in [0.1, 0.15) is 5.75 Å². The van der Waals surface area contributed by atoms with Gasteiger partial charge in [0.15, 0.2) is 0 Å². The van der Waals surface area contributed by atoms with Gasteiger partial charge < -0.3 is 15.0 Å². The van der Waals surface area contributed by atoms with E-state index in [0.29, 0.717) is 17.9 Å². The van der Waals surface area contributed by atoms with Crippen LogP contribution in [0.3, 0.4) is 0 Å². The number of hydrogen-bond donors (Lipinski definition) is 1. The van der Waals surface area contributed by atoms with Crippen LogP contribution < -0.4 is 10.1 Å². The fourth-order valence-corrected chi connectivity index (χ4v) is 2.73. The van der Waals surface area contributed by atoms with Gasteiger partial charge in [0.25, 0.3) is 5.91 Å². The Labute approximate surface area is 134 Å². The number of piperazine rings is 1. The summed E-state index contributed by atoms with van der Waals surface area (Å²) in [5.41, 5.74) is 0.604. The molecule has 0 bridgehead atoms. The van der Waals surface area contributed by atoms with Crippen molar-refractivity contribution in [3.63, 3.8) is 0 Å². The lowest BCUT2D eigenvalue weighted by Gasteiger charge is -2.32. The molecule has 1 N–H and O–H groups in total. The van der Waals surface area contributed by atoms with Gasteiger partial charge in [-0.25, -0.2) is 0 Å². The zero-order chi connectivity index (χ0) is 15.2. The Kier molecular flexibility index (Phi) is 6.02. The second kappa shape index (κ2) is 7.77. The molecule has 1 fully saturated rings. The van der Waals surface area contributed by atoms with Gasteiger partial charge in [0.2, 0.25) is 0 Å². The van der Waals surface area contributed by atoms with E-state index in [4.69, 9.17) is 4.74 Å². The number of hydrogen-bond acceptors (Lipinski definition) is 4. The van der Waals surface area contributed by atoms with Gasteiger partial charge in [-0.1, -0.05) is 0 Å². The normalized spacial score (nSPS) is 16.7. The zero-order valence-corrected chi connectivity index (χ0v) is 14.1. The molecule has 1 amide bonds. The number of amides is 1. The molecule has 0 unspecified atom stereocenters. The molecule has 1 aromatic rings. The van der Waals surface area contributed by atoms with Crippen LogP contribution in [-0.2, 0) is 0 Å². The Morgan fingerprint density at radius 1 is 1.33 bits per heavy atom. The molecule has 1 saturated heterocycles. The first kappa shape index (κ1) is 16.3. The molecule has 0 aromatic heterocycles. The number of carbonyl (C=O) groups excluding carboxylic acids is 1. The zero-order valence-electron chi connectivity index (χ0n) is 12.6. The largest absolute Gasteiger partial charge is 0.497 e. The summed E-state index contributed by atoms with van der Waals surface area (Å²) in [7, 11) is 3.73. The van der Waals surface area contributed by atoms with Gasteiger partial charge >= 0.3 is 0 Å². The summed E-state index contributed by atoms with van der Waals surface area (Å²) in [5.74, 6) is 0.609. The monoisotopic (exact) mass is 355 g/mol. The number of benzene rings is 1. The van der Waals surface area contributed by atoms with E-state index in [1.807, 2.05) is 12.1 Å². The molecule has 0 radical (unpaired) electrons. The lowest BCUT2D eigenvalue weighted by molar-refractivity contribution is 0.0940. The lowest BCUT2D eigenvalue weighted by atomic mass is 10.2. The highest BCUT2D eigenvalue weighted by molar-refractivity contribution is 9.10. The molecule has 2 rings (SSSR count). The minimum Gasteiger partial charge on any atom is -0.497 e. The third kappa shape index (κ3) is 4.69. The molecule has 0 saturated carbocycles. The number of ether oxygens (including phenoxy) is 1. The van der Waals surface area contributed by atoms with Crippen LogP contribution in [0.5, 0.6) is 5.75 Å². The maximum Gasteiger partial charge on any atom is 0.252 e. The minimum atomic E-state index is -0.0742. The summed E-state index contributed by atoms with van der Waals surface area (Å²) in [4.78, 5) is 16.9. The minimum absolute atomic E-state index is 0.0742. The van der Waals surface area contributed by atoms with Crippen LogP contribution in [0.25, 0.3) is 0 Å². The van der Waals surface area contributed by atoms with Crippen LogP contribution in [0.4, 0.5) is 0 Å². The summed E-state index contributed by atoms with van der Waals surface area (Å²) >= 11 is 3.40. The summed E-state index contributed by atoms with van der Waals surface area (Å²) in [6, 6.07) is 5.40. The van der Waals surface area contributed by atoms with Gasteiger partial charge in [-0.05, 0) is 41.2 Å². The van der Waals surface area contributed by atoms with Crippen molar-refractivity contribution in [1.29, 1.82) is 0 Å². The van der Waals surface area contributed by atoms with Crippen molar-refractivity contribution in [3.05, 3.63) is 28.2 Å². The Morgan fingerprint density at radius 2 is 2.05 bits per heavy atom. The number of nitrogens with zero attached hydrogens (tertiary/aromatic N) is 2. The van der Waals surface area contributed by atoms with Crippen molar-refractivity contribution >= 4 is 21.8 Å². The maximum absolute atomic E-state index is 12.2.